The Morgan fingerprint density at radius 1 is 1.43 bits per heavy atom. The molecule has 4 heteroatoms. The summed E-state index contributed by atoms with van der Waals surface area (Å²) in [5, 5.41) is 21.3. The number of carboxylic acids is 1. The number of aliphatic carboxylic acids is 1. The van der Waals surface area contributed by atoms with Crippen molar-refractivity contribution in [1.29, 1.82) is 0 Å². The van der Waals surface area contributed by atoms with Gasteiger partial charge in [0.25, 0.3) is 0 Å². The van der Waals surface area contributed by atoms with Gasteiger partial charge in [-0.3, -0.25) is 10.1 Å². The second-order valence-corrected chi connectivity index (χ2v) is 4.95. The average molecular weight is 201 g/mol. The highest BCUT2D eigenvalue weighted by Crippen LogP contribution is 2.40. The van der Waals surface area contributed by atoms with E-state index in [4.69, 9.17) is 10.2 Å². The normalized spacial score (nSPS) is 21.7. The fourth-order valence-corrected chi connectivity index (χ4v) is 1.73. The van der Waals surface area contributed by atoms with Gasteiger partial charge in [0.15, 0.2) is 0 Å². The van der Waals surface area contributed by atoms with E-state index in [0.717, 1.165) is 12.8 Å². The Morgan fingerprint density at radius 3 is 2.21 bits per heavy atom. The lowest BCUT2D eigenvalue weighted by Gasteiger charge is -2.35. The molecule has 1 saturated carbocycles. The van der Waals surface area contributed by atoms with E-state index in [1.54, 1.807) is 20.8 Å². The summed E-state index contributed by atoms with van der Waals surface area (Å²) in [7, 11) is 0. The average Bonchev–Trinajstić information content (AvgIpc) is 2.85. The molecule has 1 unspecified atom stereocenters. The number of nitrogens with one attached hydrogen (secondary N) is 1. The third-order valence-electron chi connectivity index (χ3n) is 2.83. The zero-order valence-corrected chi connectivity index (χ0v) is 9.00. The summed E-state index contributed by atoms with van der Waals surface area (Å²) in [4.78, 5) is 11.2. The van der Waals surface area contributed by atoms with Gasteiger partial charge in [0.1, 0.15) is 5.54 Å². The molecule has 0 bridgehead atoms. The van der Waals surface area contributed by atoms with Crippen molar-refractivity contribution in [2.45, 2.75) is 44.7 Å². The van der Waals surface area contributed by atoms with Gasteiger partial charge in [0.2, 0.25) is 0 Å². The molecule has 0 spiro atoms. The van der Waals surface area contributed by atoms with E-state index in [2.05, 4.69) is 5.32 Å². The van der Waals surface area contributed by atoms with Gasteiger partial charge in [-0.2, -0.15) is 0 Å². The van der Waals surface area contributed by atoms with Crippen LogP contribution < -0.4 is 5.32 Å². The maximum absolute atomic E-state index is 11.2. The van der Waals surface area contributed by atoms with Crippen LogP contribution in [0.2, 0.25) is 0 Å². The molecule has 0 aromatic heterocycles. The predicted octanol–water partition coefficient (Wildman–Crippen LogP) is 0.600. The van der Waals surface area contributed by atoms with Crippen molar-refractivity contribution in [1.82, 2.24) is 5.32 Å². The summed E-state index contributed by atoms with van der Waals surface area (Å²) in [6.45, 7) is 5.24. The smallest absolute Gasteiger partial charge is 0.323 e. The van der Waals surface area contributed by atoms with Crippen LogP contribution in [-0.2, 0) is 4.79 Å². The first kappa shape index (κ1) is 11.5. The summed E-state index contributed by atoms with van der Waals surface area (Å²) in [5.41, 5.74) is -1.44. The lowest BCUT2D eigenvalue weighted by molar-refractivity contribution is -0.146. The summed E-state index contributed by atoms with van der Waals surface area (Å²) in [6.07, 6.45) is 1.91. The van der Waals surface area contributed by atoms with Crippen LogP contribution >= 0.6 is 0 Å². The molecule has 0 amide bonds. The van der Waals surface area contributed by atoms with Crippen molar-refractivity contribution in [3.05, 3.63) is 0 Å². The molecule has 1 aliphatic rings. The van der Waals surface area contributed by atoms with Crippen LogP contribution in [0, 0.1) is 5.92 Å². The number of hydrogen-bond donors (Lipinski definition) is 3. The van der Waals surface area contributed by atoms with E-state index in [1.807, 2.05) is 0 Å². The minimum absolute atomic E-state index is 0.0669. The molecule has 1 aliphatic carbocycles. The van der Waals surface area contributed by atoms with E-state index in [0.29, 0.717) is 0 Å². The lowest BCUT2D eigenvalue weighted by Crippen LogP contribution is -2.60. The maximum atomic E-state index is 11.2. The van der Waals surface area contributed by atoms with Gasteiger partial charge < -0.3 is 10.2 Å². The topological polar surface area (TPSA) is 69.6 Å². The van der Waals surface area contributed by atoms with Crippen LogP contribution in [0.1, 0.15) is 33.6 Å². The predicted molar refractivity (Wildman–Crippen MR) is 53.1 cm³/mol. The molecule has 1 rings (SSSR count). The summed E-state index contributed by atoms with van der Waals surface area (Å²) in [6, 6.07) is 0. The second-order valence-electron chi connectivity index (χ2n) is 4.95. The Kier molecular flexibility index (Phi) is 2.88. The van der Waals surface area contributed by atoms with E-state index in [1.165, 1.54) is 0 Å². The number of aliphatic hydroxyl groups is 1. The first-order valence-corrected chi connectivity index (χ1v) is 4.95. The summed E-state index contributed by atoms with van der Waals surface area (Å²) >= 11 is 0. The maximum Gasteiger partial charge on any atom is 0.323 e. The minimum atomic E-state index is -0.897. The fraction of sp³-hybridized carbons (Fsp3) is 0.900. The van der Waals surface area contributed by atoms with Crippen LogP contribution in [0.25, 0.3) is 0 Å². The van der Waals surface area contributed by atoms with Gasteiger partial charge >= 0.3 is 5.97 Å². The Balaban J connectivity index is 2.74. The van der Waals surface area contributed by atoms with Crippen LogP contribution in [0.4, 0.5) is 0 Å². The molecule has 0 radical (unpaired) electrons. The molecule has 0 aromatic carbocycles. The number of aliphatic hydroxyl groups excluding tert-OH is 1. The van der Waals surface area contributed by atoms with Gasteiger partial charge in [-0.05, 0) is 39.5 Å². The van der Waals surface area contributed by atoms with Crippen LogP contribution in [0.15, 0.2) is 0 Å². The molecule has 0 heterocycles. The fourth-order valence-electron chi connectivity index (χ4n) is 1.73. The molecular formula is C10H19NO3. The molecule has 0 saturated heterocycles. The Morgan fingerprint density at radius 2 is 1.93 bits per heavy atom. The number of carbonyl (C=O) groups is 1. The molecule has 4 nitrogen and oxygen atoms in total. The molecule has 1 atom stereocenters. The first-order chi connectivity index (χ1) is 6.32. The Hall–Kier alpha value is -0.610. The summed E-state index contributed by atoms with van der Waals surface area (Å²) in [5.74, 6) is -0.632. The van der Waals surface area contributed by atoms with Gasteiger partial charge in [-0.1, -0.05) is 0 Å². The van der Waals surface area contributed by atoms with E-state index < -0.39 is 17.0 Å². The Bertz CT molecular complexity index is 236. The molecule has 3 N–H and O–H groups in total. The van der Waals surface area contributed by atoms with Crippen LogP contribution in [0.5, 0.6) is 0 Å². The van der Waals surface area contributed by atoms with E-state index >= 15 is 0 Å². The quantitative estimate of drug-likeness (QED) is 0.609. The number of rotatable bonds is 5. The molecular weight excluding hydrogens is 182 g/mol. The highest BCUT2D eigenvalue weighted by molar-refractivity contribution is 5.79. The standard InChI is InChI=1S/C10H19NO3/c1-9(2,6-12)11-10(3,8(13)14)7-4-5-7/h7,11-12H,4-6H2,1-3H3,(H,13,14). The van der Waals surface area contributed by atoms with Gasteiger partial charge in [-0.25, -0.2) is 0 Å². The third-order valence-corrected chi connectivity index (χ3v) is 2.83. The highest BCUT2D eigenvalue weighted by atomic mass is 16.4. The van der Waals surface area contributed by atoms with Gasteiger partial charge in [0, 0.05) is 5.54 Å². The van der Waals surface area contributed by atoms with Crippen LogP contribution in [-0.4, -0.2) is 33.9 Å². The van der Waals surface area contributed by atoms with Crippen molar-refractivity contribution >= 4 is 5.97 Å². The summed E-state index contributed by atoms with van der Waals surface area (Å²) < 4.78 is 0. The second kappa shape index (κ2) is 3.51. The molecule has 0 aromatic rings. The van der Waals surface area contributed by atoms with Crippen LogP contribution in [0.3, 0.4) is 0 Å². The van der Waals surface area contributed by atoms with Gasteiger partial charge in [-0.15, -0.1) is 0 Å². The SMILES string of the molecule is CC(C)(CO)NC(C)(C(=O)O)C1CC1. The Labute approximate surface area is 84.3 Å². The minimum Gasteiger partial charge on any atom is -0.480 e. The monoisotopic (exact) mass is 201 g/mol. The van der Waals surface area contributed by atoms with E-state index in [-0.39, 0.29) is 12.5 Å². The van der Waals surface area contributed by atoms with Crippen molar-refractivity contribution in [3.8, 4) is 0 Å². The highest BCUT2D eigenvalue weighted by Gasteiger charge is 2.49. The largest absolute Gasteiger partial charge is 0.480 e. The number of carboxylic acid groups (broad SMARTS) is 1. The third kappa shape index (κ3) is 2.25. The van der Waals surface area contributed by atoms with Gasteiger partial charge in [0.05, 0.1) is 6.61 Å². The zero-order valence-electron chi connectivity index (χ0n) is 9.00. The van der Waals surface area contributed by atoms with Crippen molar-refractivity contribution in [3.63, 3.8) is 0 Å². The zero-order chi connectivity index (χ0) is 11.0. The molecule has 14 heavy (non-hydrogen) atoms. The first-order valence-electron chi connectivity index (χ1n) is 4.95. The molecule has 1 fully saturated rings. The van der Waals surface area contributed by atoms with Crippen molar-refractivity contribution in [2.24, 2.45) is 5.92 Å². The molecule has 82 valence electrons. The lowest BCUT2D eigenvalue weighted by atomic mass is 9.91. The van der Waals surface area contributed by atoms with Crippen molar-refractivity contribution in [2.75, 3.05) is 6.61 Å². The van der Waals surface area contributed by atoms with Crippen molar-refractivity contribution < 1.29 is 15.0 Å². The number of hydrogen-bond acceptors (Lipinski definition) is 3. The van der Waals surface area contributed by atoms with E-state index in [9.17, 15) is 4.79 Å². The molecule has 0 aliphatic heterocycles.